The number of pyridine rings is 1. The quantitative estimate of drug-likeness (QED) is 0.692. The molecule has 0 spiro atoms. The van der Waals surface area contributed by atoms with Gasteiger partial charge in [0.05, 0.1) is 5.02 Å². The lowest BCUT2D eigenvalue weighted by molar-refractivity contribution is 0.444. The van der Waals surface area contributed by atoms with E-state index in [-0.39, 0.29) is 5.88 Å². The van der Waals surface area contributed by atoms with E-state index in [0.29, 0.717) is 15.9 Å². The normalized spacial score (nSPS) is 10.6. The van der Waals surface area contributed by atoms with E-state index in [0.717, 1.165) is 16.8 Å². The Kier molecular flexibility index (Phi) is 4.04. The fourth-order valence-electron chi connectivity index (χ4n) is 1.47. The first-order valence-corrected chi connectivity index (χ1v) is 6.69. The van der Waals surface area contributed by atoms with Crippen LogP contribution in [-0.4, -0.2) is 20.1 Å². The van der Waals surface area contributed by atoms with E-state index in [1.807, 2.05) is 13.8 Å². The summed E-state index contributed by atoms with van der Waals surface area (Å²) in [6.45, 7) is 3.78. The van der Waals surface area contributed by atoms with Gasteiger partial charge < -0.3 is 5.11 Å². The van der Waals surface area contributed by atoms with Crippen LogP contribution in [0.15, 0.2) is 23.6 Å². The molecule has 94 valence electrons. The second-order valence-corrected chi connectivity index (χ2v) is 5.21. The van der Waals surface area contributed by atoms with Crippen LogP contribution in [-0.2, 0) is 5.75 Å². The topological polar surface area (TPSA) is 58.9 Å². The van der Waals surface area contributed by atoms with Crippen molar-refractivity contribution in [2.75, 3.05) is 0 Å². The van der Waals surface area contributed by atoms with Gasteiger partial charge in [-0.25, -0.2) is 4.98 Å². The third kappa shape index (κ3) is 3.11. The average Bonchev–Trinajstić information content (AvgIpc) is 2.27. The molecule has 0 atom stereocenters. The highest BCUT2D eigenvalue weighted by Gasteiger charge is 2.07. The number of rotatable bonds is 3. The smallest absolute Gasteiger partial charge is 0.215 e. The number of aryl methyl sites for hydroxylation is 2. The molecule has 0 aromatic carbocycles. The lowest BCUT2D eigenvalue weighted by Gasteiger charge is -2.07. The van der Waals surface area contributed by atoms with Crippen LogP contribution in [0.1, 0.15) is 16.8 Å². The third-order valence-corrected chi connectivity index (χ3v) is 3.59. The molecule has 0 aliphatic heterocycles. The van der Waals surface area contributed by atoms with Crippen molar-refractivity contribution >= 4 is 23.4 Å². The Hall–Kier alpha value is -1.33. The summed E-state index contributed by atoms with van der Waals surface area (Å²) in [7, 11) is 0. The molecule has 0 aliphatic carbocycles. The van der Waals surface area contributed by atoms with Gasteiger partial charge in [0.15, 0.2) is 5.16 Å². The standard InChI is InChI=1S/C12H12ClN3OS/c1-7-4-14-5-10(13)9(7)6-18-12-15-8(2)3-11(17)16-12/h3-5H,6H2,1-2H3,(H,15,16,17). The minimum Gasteiger partial charge on any atom is -0.493 e. The number of nitrogens with zero attached hydrogens (tertiary/aromatic N) is 3. The van der Waals surface area contributed by atoms with Crippen LogP contribution in [0.4, 0.5) is 0 Å². The largest absolute Gasteiger partial charge is 0.493 e. The zero-order valence-electron chi connectivity index (χ0n) is 10.0. The zero-order valence-corrected chi connectivity index (χ0v) is 11.6. The van der Waals surface area contributed by atoms with Gasteiger partial charge in [0.1, 0.15) is 0 Å². The first-order chi connectivity index (χ1) is 8.56. The molecule has 1 N–H and O–H groups in total. The Bertz CT molecular complexity index is 537. The van der Waals surface area contributed by atoms with E-state index in [2.05, 4.69) is 15.0 Å². The van der Waals surface area contributed by atoms with Gasteiger partial charge in [0.25, 0.3) is 0 Å². The van der Waals surface area contributed by atoms with Crippen molar-refractivity contribution < 1.29 is 5.11 Å². The molecule has 0 bridgehead atoms. The molecule has 0 unspecified atom stereocenters. The summed E-state index contributed by atoms with van der Waals surface area (Å²) in [6, 6.07) is 1.52. The van der Waals surface area contributed by atoms with Crippen LogP contribution in [0.5, 0.6) is 5.88 Å². The fourth-order valence-corrected chi connectivity index (χ4v) is 2.84. The highest BCUT2D eigenvalue weighted by atomic mass is 35.5. The Morgan fingerprint density at radius 1 is 1.28 bits per heavy atom. The maximum Gasteiger partial charge on any atom is 0.215 e. The average molecular weight is 282 g/mol. The monoisotopic (exact) mass is 281 g/mol. The molecule has 4 nitrogen and oxygen atoms in total. The van der Waals surface area contributed by atoms with Crippen LogP contribution in [0, 0.1) is 13.8 Å². The molecule has 2 heterocycles. The first-order valence-electron chi connectivity index (χ1n) is 5.32. The molecule has 6 heteroatoms. The van der Waals surface area contributed by atoms with Crippen LogP contribution in [0.25, 0.3) is 0 Å². The number of thioether (sulfide) groups is 1. The van der Waals surface area contributed by atoms with Crippen LogP contribution >= 0.6 is 23.4 Å². The SMILES string of the molecule is Cc1cc(O)nc(SCc2c(C)cncc2Cl)n1. The predicted octanol–water partition coefficient (Wildman–Crippen LogP) is 3.14. The molecule has 2 aromatic rings. The highest BCUT2D eigenvalue weighted by Crippen LogP contribution is 2.27. The minimum atomic E-state index is -0.0115. The van der Waals surface area contributed by atoms with Crippen LogP contribution in [0.2, 0.25) is 5.02 Å². The van der Waals surface area contributed by atoms with E-state index in [1.165, 1.54) is 17.8 Å². The summed E-state index contributed by atoms with van der Waals surface area (Å²) in [5, 5.41) is 10.6. The highest BCUT2D eigenvalue weighted by molar-refractivity contribution is 7.98. The van der Waals surface area contributed by atoms with E-state index in [1.54, 1.807) is 12.4 Å². The molecule has 0 amide bonds. The second kappa shape index (κ2) is 5.54. The number of aromatic hydroxyl groups is 1. The van der Waals surface area contributed by atoms with Gasteiger partial charge in [0, 0.05) is 29.9 Å². The Morgan fingerprint density at radius 3 is 2.72 bits per heavy atom. The number of aromatic nitrogens is 3. The molecular weight excluding hydrogens is 270 g/mol. The van der Waals surface area contributed by atoms with Crippen molar-refractivity contribution in [2.24, 2.45) is 0 Å². The summed E-state index contributed by atoms with van der Waals surface area (Å²) in [5.74, 6) is 0.637. The molecular formula is C12H12ClN3OS. The van der Waals surface area contributed by atoms with Gasteiger partial charge in [-0.3, -0.25) is 4.98 Å². The van der Waals surface area contributed by atoms with Crippen LogP contribution in [0.3, 0.4) is 0 Å². The van der Waals surface area contributed by atoms with Crippen molar-refractivity contribution in [3.05, 3.63) is 40.3 Å². The van der Waals surface area contributed by atoms with Gasteiger partial charge in [-0.15, -0.1) is 0 Å². The summed E-state index contributed by atoms with van der Waals surface area (Å²) in [6.07, 6.45) is 3.40. The summed E-state index contributed by atoms with van der Waals surface area (Å²) < 4.78 is 0. The number of hydrogen-bond acceptors (Lipinski definition) is 5. The van der Waals surface area contributed by atoms with E-state index >= 15 is 0 Å². The Balaban J connectivity index is 2.16. The molecule has 0 saturated carbocycles. The van der Waals surface area contributed by atoms with Gasteiger partial charge in [0.2, 0.25) is 5.88 Å². The van der Waals surface area contributed by atoms with Crippen molar-refractivity contribution in [2.45, 2.75) is 24.8 Å². The van der Waals surface area contributed by atoms with E-state index in [9.17, 15) is 5.11 Å². The molecule has 0 saturated heterocycles. The van der Waals surface area contributed by atoms with Crippen LogP contribution < -0.4 is 0 Å². The molecule has 0 fully saturated rings. The van der Waals surface area contributed by atoms with Gasteiger partial charge >= 0.3 is 0 Å². The van der Waals surface area contributed by atoms with Gasteiger partial charge in [-0.05, 0) is 25.0 Å². The maximum absolute atomic E-state index is 9.40. The molecule has 2 rings (SSSR count). The maximum atomic E-state index is 9.40. The summed E-state index contributed by atoms with van der Waals surface area (Å²) in [4.78, 5) is 12.2. The molecule has 0 aliphatic rings. The fraction of sp³-hybridized carbons (Fsp3) is 0.250. The van der Waals surface area contributed by atoms with Crippen molar-refractivity contribution in [1.82, 2.24) is 15.0 Å². The van der Waals surface area contributed by atoms with Crippen molar-refractivity contribution in [1.29, 1.82) is 0 Å². The number of halogens is 1. The predicted molar refractivity (Wildman–Crippen MR) is 72.0 cm³/mol. The van der Waals surface area contributed by atoms with Gasteiger partial charge in [-0.2, -0.15) is 4.98 Å². The molecule has 18 heavy (non-hydrogen) atoms. The summed E-state index contributed by atoms with van der Waals surface area (Å²) >= 11 is 7.53. The molecule has 0 radical (unpaired) electrons. The Labute approximate surface area is 114 Å². The van der Waals surface area contributed by atoms with Crippen molar-refractivity contribution in [3.63, 3.8) is 0 Å². The second-order valence-electron chi connectivity index (χ2n) is 3.86. The zero-order chi connectivity index (χ0) is 13.1. The minimum absolute atomic E-state index is 0.0115. The third-order valence-electron chi connectivity index (χ3n) is 2.39. The van der Waals surface area contributed by atoms with Gasteiger partial charge in [-0.1, -0.05) is 23.4 Å². The summed E-state index contributed by atoms with van der Waals surface area (Å²) in [5.41, 5.74) is 2.79. The number of hydrogen-bond donors (Lipinski definition) is 1. The van der Waals surface area contributed by atoms with E-state index < -0.39 is 0 Å². The Morgan fingerprint density at radius 2 is 2.06 bits per heavy atom. The lowest BCUT2D eigenvalue weighted by atomic mass is 10.2. The lowest BCUT2D eigenvalue weighted by Crippen LogP contribution is -1.93. The molecule has 2 aromatic heterocycles. The van der Waals surface area contributed by atoms with Crippen molar-refractivity contribution in [3.8, 4) is 5.88 Å². The van der Waals surface area contributed by atoms with E-state index in [4.69, 9.17) is 11.6 Å². The first kappa shape index (κ1) is 13.1.